The van der Waals surface area contributed by atoms with E-state index in [1.54, 1.807) is 30.9 Å². The van der Waals surface area contributed by atoms with E-state index in [1.165, 1.54) is 23.9 Å². The minimum atomic E-state index is -0.293. The first kappa shape index (κ1) is 16.5. The van der Waals surface area contributed by atoms with Gasteiger partial charge in [0.2, 0.25) is 11.7 Å². The molecule has 6 nitrogen and oxygen atoms in total. The SMILES string of the molecule is CC(Sc1nccn1-c1cccc(F)c1)c1nc(-c2cccnc2)no1. The van der Waals surface area contributed by atoms with Crippen LogP contribution in [0.1, 0.15) is 18.1 Å². The molecule has 0 aliphatic heterocycles. The summed E-state index contributed by atoms with van der Waals surface area (Å²) in [4.78, 5) is 12.9. The maximum Gasteiger partial charge on any atom is 0.240 e. The summed E-state index contributed by atoms with van der Waals surface area (Å²) in [6.07, 6.45) is 6.84. The highest BCUT2D eigenvalue weighted by Crippen LogP contribution is 2.34. The first-order valence-corrected chi connectivity index (χ1v) is 8.78. The van der Waals surface area contributed by atoms with Gasteiger partial charge in [-0.2, -0.15) is 4.98 Å². The lowest BCUT2D eigenvalue weighted by Gasteiger charge is -2.09. The van der Waals surface area contributed by atoms with Crippen molar-refractivity contribution >= 4 is 11.8 Å². The minimum absolute atomic E-state index is 0.123. The molecule has 26 heavy (non-hydrogen) atoms. The number of imidazole rings is 1. The highest BCUT2D eigenvalue weighted by molar-refractivity contribution is 7.99. The molecule has 3 aromatic heterocycles. The third kappa shape index (κ3) is 3.36. The molecule has 0 spiro atoms. The second-order valence-electron chi connectivity index (χ2n) is 5.52. The van der Waals surface area contributed by atoms with E-state index in [0.29, 0.717) is 22.6 Å². The molecule has 0 N–H and O–H groups in total. The molecule has 0 aliphatic rings. The Morgan fingerprint density at radius 1 is 1.19 bits per heavy atom. The Bertz CT molecular complexity index is 1020. The van der Waals surface area contributed by atoms with Gasteiger partial charge in [-0.25, -0.2) is 9.37 Å². The molecule has 3 heterocycles. The normalized spacial score (nSPS) is 12.2. The lowest BCUT2D eigenvalue weighted by Crippen LogP contribution is -1.98. The molecular formula is C18H14FN5OS. The zero-order valence-corrected chi connectivity index (χ0v) is 14.6. The van der Waals surface area contributed by atoms with E-state index >= 15 is 0 Å². The Hall–Kier alpha value is -3.00. The van der Waals surface area contributed by atoms with Crippen LogP contribution in [0.3, 0.4) is 0 Å². The first-order chi connectivity index (χ1) is 12.7. The van der Waals surface area contributed by atoms with Crippen LogP contribution in [0.4, 0.5) is 4.39 Å². The van der Waals surface area contributed by atoms with Crippen molar-refractivity contribution in [1.29, 1.82) is 0 Å². The summed E-state index contributed by atoms with van der Waals surface area (Å²) in [5.74, 6) is 0.690. The van der Waals surface area contributed by atoms with Crippen molar-refractivity contribution in [3.05, 3.63) is 72.9 Å². The van der Waals surface area contributed by atoms with Gasteiger partial charge in [0.15, 0.2) is 5.16 Å². The number of thioether (sulfide) groups is 1. The summed E-state index contributed by atoms with van der Waals surface area (Å²) in [6.45, 7) is 1.95. The molecule has 4 rings (SSSR count). The lowest BCUT2D eigenvalue weighted by atomic mass is 10.3. The molecule has 0 aliphatic carbocycles. The molecule has 130 valence electrons. The Kier molecular flexibility index (Phi) is 4.49. The second-order valence-corrected chi connectivity index (χ2v) is 6.83. The van der Waals surface area contributed by atoms with E-state index in [2.05, 4.69) is 20.1 Å². The number of hydrogen-bond donors (Lipinski definition) is 0. The van der Waals surface area contributed by atoms with Crippen molar-refractivity contribution in [2.24, 2.45) is 0 Å². The Labute approximate surface area is 153 Å². The predicted molar refractivity (Wildman–Crippen MR) is 95.3 cm³/mol. The van der Waals surface area contributed by atoms with Crippen LogP contribution in [0.2, 0.25) is 0 Å². The fourth-order valence-electron chi connectivity index (χ4n) is 2.42. The van der Waals surface area contributed by atoms with Crippen molar-refractivity contribution in [2.45, 2.75) is 17.3 Å². The van der Waals surface area contributed by atoms with Crippen molar-refractivity contribution in [3.63, 3.8) is 0 Å². The molecule has 1 unspecified atom stereocenters. The minimum Gasteiger partial charge on any atom is -0.338 e. The highest BCUT2D eigenvalue weighted by Gasteiger charge is 2.19. The number of nitrogens with zero attached hydrogens (tertiary/aromatic N) is 5. The van der Waals surface area contributed by atoms with Crippen LogP contribution in [0.25, 0.3) is 17.1 Å². The Morgan fingerprint density at radius 2 is 2.12 bits per heavy atom. The number of halogens is 1. The lowest BCUT2D eigenvalue weighted by molar-refractivity contribution is 0.380. The Balaban J connectivity index is 1.56. The number of pyridine rings is 1. The van der Waals surface area contributed by atoms with Crippen LogP contribution in [-0.4, -0.2) is 24.7 Å². The molecule has 0 saturated heterocycles. The molecule has 1 atom stereocenters. The van der Waals surface area contributed by atoms with Gasteiger partial charge in [-0.15, -0.1) is 0 Å². The average Bonchev–Trinajstić information content (AvgIpc) is 3.32. The van der Waals surface area contributed by atoms with Gasteiger partial charge in [-0.3, -0.25) is 9.55 Å². The van der Waals surface area contributed by atoms with Gasteiger partial charge < -0.3 is 4.52 Å². The van der Waals surface area contributed by atoms with Crippen LogP contribution in [0.5, 0.6) is 0 Å². The van der Waals surface area contributed by atoms with Crippen LogP contribution in [0, 0.1) is 5.82 Å². The van der Waals surface area contributed by atoms with Crippen LogP contribution < -0.4 is 0 Å². The summed E-state index contributed by atoms with van der Waals surface area (Å²) in [5.41, 5.74) is 1.50. The predicted octanol–water partition coefficient (Wildman–Crippen LogP) is 4.31. The fourth-order valence-corrected chi connectivity index (χ4v) is 3.33. The van der Waals surface area contributed by atoms with Gasteiger partial charge in [0.25, 0.3) is 0 Å². The molecule has 0 fully saturated rings. The molecule has 0 saturated carbocycles. The summed E-state index contributed by atoms with van der Waals surface area (Å²) in [6, 6.07) is 10.1. The summed E-state index contributed by atoms with van der Waals surface area (Å²) < 4.78 is 20.7. The summed E-state index contributed by atoms with van der Waals surface area (Å²) in [5, 5.41) is 4.60. The van der Waals surface area contributed by atoms with E-state index in [9.17, 15) is 4.39 Å². The van der Waals surface area contributed by atoms with Crippen LogP contribution >= 0.6 is 11.8 Å². The van der Waals surface area contributed by atoms with Gasteiger partial charge in [-0.1, -0.05) is 23.0 Å². The third-order valence-electron chi connectivity index (χ3n) is 3.68. The van der Waals surface area contributed by atoms with Gasteiger partial charge >= 0.3 is 0 Å². The molecule has 8 heteroatoms. The van der Waals surface area contributed by atoms with Crippen LogP contribution in [-0.2, 0) is 0 Å². The van der Waals surface area contributed by atoms with Gasteiger partial charge in [0.05, 0.1) is 10.9 Å². The van der Waals surface area contributed by atoms with Crippen molar-refractivity contribution in [3.8, 4) is 17.1 Å². The zero-order chi connectivity index (χ0) is 17.9. The zero-order valence-electron chi connectivity index (χ0n) is 13.8. The number of rotatable bonds is 5. The van der Waals surface area contributed by atoms with Gasteiger partial charge in [-0.05, 0) is 37.3 Å². The topological polar surface area (TPSA) is 69.6 Å². The van der Waals surface area contributed by atoms with Crippen LogP contribution in [0.15, 0.2) is 70.9 Å². The maximum absolute atomic E-state index is 13.5. The number of hydrogen-bond acceptors (Lipinski definition) is 6. The van der Waals surface area contributed by atoms with E-state index < -0.39 is 0 Å². The second kappa shape index (κ2) is 7.09. The largest absolute Gasteiger partial charge is 0.338 e. The van der Waals surface area contributed by atoms with Crippen molar-refractivity contribution < 1.29 is 8.91 Å². The third-order valence-corrected chi connectivity index (χ3v) is 4.75. The van der Waals surface area contributed by atoms with Gasteiger partial charge in [0, 0.05) is 30.4 Å². The van der Waals surface area contributed by atoms with E-state index in [-0.39, 0.29) is 11.1 Å². The monoisotopic (exact) mass is 367 g/mol. The van der Waals surface area contributed by atoms with E-state index in [0.717, 1.165) is 5.56 Å². The number of aromatic nitrogens is 5. The highest BCUT2D eigenvalue weighted by atomic mass is 32.2. The fraction of sp³-hybridized carbons (Fsp3) is 0.111. The van der Waals surface area contributed by atoms with Crippen molar-refractivity contribution in [2.75, 3.05) is 0 Å². The summed E-state index contributed by atoms with van der Waals surface area (Å²) in [7, 11) is 0. The number of benzene rings is 1. The average molecular weight is 367 g/mol. The Morgan fingerprint density at radius 3 is 2.92 bits per heavy atom. The van der Waals surface area contributed by atoms with Crippen molar-refractivity contribution in [1.82, 2.24) is 24.7 Å². The smallest absolute Gasteiger partial charge is 0.240 e. The summed E-state index contributed by atoms with van der Waals surface area (Å²) >= 11 is 1.46. The van der Waals surface area contributed by atoms with Gasteiger partial charge in [0.1, 0.15) is 5.82 Å². The quantitative estimate of drug-likeness (QED) is 0.490. The maximum atomic E-state index is 13.5. The van der Waals surface area contributed by atoms with E-state index in [4.69, 9.17) is 4.52 Å². The standard InChI is InChI=1S/C18H14FN5OS/c1-12(17-22-16(23-25-17)13-4-3-7-20-11-13)26-18-21-8-9-24(18)15-6-2-5-14(19)10-15/h2-12H,1H3. The molecule has 1 aromatic carbocycles. The molecule has 0 amide bonds. The molecule has 0 bridgehead atoms. The first-order valence-electron chi connectivity index (χ1n) is 7.90. The van der Waals surface area contributed by atoms with E-state index in [1.807, 2.05) is 29.7 Å². The molecule has 4 aromatic rings. The molecule has 0 radical (unpaired) electrons. The molecular weight excluding hydrogens is 353 g/mol.